The minimum absolute atomic E-state index is 0.0444. The van der Waals surface area contributed by atoms with Crippen LogP contribution in [0, 0.1) is 23.7 Å². The number of aliphatic carboxylic acids is 1. The van der Waals surface area contributed by atoms with Gasteiger partial charge in [-0.1, -0.05) is 105 Å². The Morgan fingerprint density at radius 1 is 0.667 bits per heavy atom. The van der Waals surface area contributed by atoms with Crippen LogP contribution in [0.4, 0.5) is 0 Å². The molecule has 1 aliphatic carbocycles. The number of esters is 1. The fourth-order valence-electron chi connectivity index (χ4n) is 5.13. The van der Waals surface area contributed by atoms with Crippen molar-refractivity contribution in [2.24, 2.45) is 23.7 Å². The molecule has 0 amide bonds. The van der Waals surface area contributed by atoms with Crippen LogP contribution >= 0.6 is 0 Å². The zero-order valence-corrected chi connectivity index (χ0v) is 22.3. The third kappa shape index (κ3) is 14.7. The lowest BCUT2D eigenvalue weighted by atomic mass is 9.79. The number of ether oxygens (including phenoxy) is 1. The second kappa shape index (κ2) is 18.3. The number of rotatable bonds is 19. The summed E-state index contributed by atoms with van der Waals surface area (Å²) in [6.07, 6.45) is 20.0. The molecule has 0 aromatic carbocycles. The Bertz CT molecular complexity index is 514. The van der Waals surface area contributed by atoms with Gasteiger partial charge in [-0.2, -0.15) is 0 Å². The van der Waals surface area contributed by atoms with E-state index in [0.717, 1.165) is 44.4 Å². The number of hydrogen-bond donors (Lipinski definition) is 1. The van der Waals surface area contributed by atoms with Crippen LogP contribution in [0.25, 0.3) is 0 Å². The minimum Gasteiger partial charge on any atom is -0.481 e. The van der Waals surface area contributed by atoms with Gasteiger partial charge in [-0.15, -0.1) is 0 Å². The Hall–Kier alpha value is -1.06. The average Bonchev–Trinajstić information content (AvgIpc) is 2.77. The Morgan fingerprint density at radius 2 is 1.06 bits per heavy atom. The van der Waals surface area contributed by atoms with Gasteiger partial charge in [0.2, 0.25) is 0 Å². The lowest BCUT2D eigenvalue weighted by Gasteiger charge is -2.29. The third-order valence-electron chi connectivity index (χ3n) is 7.28. The van der Waals surface area contributed by atoms with Crippen molar-refractivity contribution in [2.45, 2.75) is 149 Å². The molecule has 194 valence electrons. The number of carbonyl (C=O) groups is 2. The summed E-state index contributed by atoms with van der Waals surface area (Å²) in [5.41, 5.74) is 0. The second-order valence-electron chi connectivity index (χ2n) is 11.4. The summed E-state index contributed by atoms with van der Waals surface area (Å²) < 4.78 is 5.97. The van der Waals surface area contributed by atoms with Crippen LogP contribution in [-0.4, -0.2) is 23.1 Å². The lowest BCUT2D eigenvalue weighted by Crippen LogP contribution is -2.35. The Labute approximate surface area is 204 Å². The zero-order valence-electron chi connectivity index (χ0n) is 22.3. The summed E-state index contributed by atoms with van der Waals surface area (Å²) in [7, 11) is 0. The van der Waals surface area contributed by atoms with E-state index < -0.39 is 17.8 Å². The van der Waals surface area contributed by atoms with Gasteiger partial charge in [-0.3, -0.25) is 9.59 Å². The minimum atomic E-state index is -0.839. The summed E-state index contributed by atoms with van der Waals surface area (Å²) in [6.45, 7) is 9.09. The first-order valence-corrected chi connectivity index (χ1v) is 14.2. The van der Waals surface area contributed by atoms with Crippen LogP contribution in [0.15, 0.2) is 0 Å². The number of unbranched alkanes of at least 4 members (excludes halogenated alkanes) is 8. The molecule has 1 saturated carbocycles. The smallest absolute Gasteiger partial charge is 0.310 e. The maximum Gasteiger partial charge on any atom is 0.310 e. The Balaban J connectivity index is 2.36. The van der Waals surface area contributed by atoms with Crippen molar-refractivity contribution in [1.29, 1.82) is 0 Å². The summed E-state index contributed by atoms with van der Waals surface area (Å²) in [6, 6.07) is 0. The molecule has 3 unspecified atom stereocenters. The van der Waals surface area contributed by atoms with Crippen LogP contribution in [0.5, 0.6) is 0 Å². The molecule has 1 N–H and O–H groups in total. The van der Waals surface area contributed by atoms with E-state index in [1.54, 1.807) is 0 Å². The summed E-state index contributed by atoms with van der Waals surface area (Å²) in [5.74, 6) is -0.578. The summed E-state index contributed by atoms with van der Waals surface area (Å²) >= 11 is 0. The van der Waals surface area contributed by atoms with E-state index in [1.165, 1.54) is 64.2 Å². The Kier molecular flexibility index (Phi) is 16.6. The highest BCUT2D eigenvalue weighted by atomic mass is 16.5. The van der Waals surface area contributed by atoms with Gasteiger partial charge < -0.3 is 9.84 Å². The van der Waals surface area contributed by atoms with Gasteiger partial charge in [0.15, 0.2) is 0 Å². The summed E-state index contributed by atoms with van der Waals surface area (Å²) in [5, 5.41) is 9.53. The highest BCUT2D eigenvalue weighted by molar-refractivity contribution is 5.81. The fourth-order valence-corrected chi connectivity index (χ4v) is 5.13. The van der Waals surface area contributed by atoms with Crippen molar-refractivity contribution < 1.29 is 19.4 Å². The van der Waals surface area contributed by atoms with Crippen molar-refractivity contribution in [3.8, 4) is 0 Å². The van der Waals surface area contributed by atoms with E-state index in [0.29, 0.717) is 18.8 Å². The number of carboxylic acid groups (broad SMARTS) is 1. The van der Waals surface area contributed by atoms with E-state index in [4.69, 9.17) is 4.74 Å². The lowest BCUT2D eigenvalue weighted by molar-refractivity contribution is -0.164. The number of carboxylic acids is 1. The van der Waals surface area contributed by atoms with E-state index >= 15 is 0 Å². The van der Waals surface area contributed by atoms with E-state index in [2.05, 4.69) is 27.7 Å². The highest BCUT2D eigenvalue weighted by Crippen LogP contribution is 2.32. The predicted molar refractivity (Wildman–Crippen MR) is 137 cm³/mol. The van der Waals surface area contributed by atoms with Crippen LogP contribution in [0.2, 0.25) is 0 Å². The molecule has 1 rings (SSSR count). The maximum absolute atomic E-state index is 12.9. The van der Waals surface area contributed by atoms with Crippen molar-refractivity contribution in [3.05, 3.63) is 0 Å². The van der Waals surface area contributed by atoms with Gasteiger partial charge in [0.05, 0.1) is 11.8 Å². The molecule has 3 atom stereocenters. The fraction of sp³-hybridized carbons (Fsp3) is 0.931. The first kappa shape index (κ1) is 30.0. The van der Waals surface area contributed by atoms with Gasteiger partial charge in [0.1, 0.15) is 6.10 Å². The van der Waals surface area contributed by atoms with E-state index in [9.17, 15) is 14.7 Å². The van der Waals surface area contributed by atoms with Crippen LogP contribution < -0.4 is 0 Å². The molecule has 0 heterocycles. The SMILES string of the molecule is CC(C)CCCCCCCCCCC(CCCCC(C)C)OC(=O)C1CCCCC1C(=O)O. The quantitative estimate of drug-likeness (QED) is 0.153. The Morgan fingerprint density at radius 3 is 1.55 bits per heavy atom. The van der Waals surface area contributed by atoms with Gasteiger partial charge in [-0.05, 0) is 50.4 Å². The molecule has 1 fully saturated rings. The second-order valence-corrected chi connectivity index (χ2v) is 11.4. The average molecular weight is 467 g/mol. The van der Waals surface area contributed by atoms with Gasteiger partial charge in [0.25, 0.3) is 0 Å². The molecule has 1 aliphatic rings. The van der Waals surface area contributed by atoms with Crippen LogP contribution in [0.1, 0.15) is 143 Å². The third-order valence-corrected chi connectivity index (χ3v) is 7.28. The van der Waals surface area contributed by atoms with E-state index in [-0.39, 0.29) is 12.1 Å². The standard InChI is InChI=1S/C29H54O4/c1-23(2)17-11-9-7-5-6-8-10-12-19-25(20-14-13-18-24(3)4)33-29(32)27-22-16-15-21-26(27)28(30)31/h23-27H,5-22H2,1-4H3,(H,30,31). The molecular formula is C29H54O4. The first-order valence-electron chi connectivity index (χ1n) is 14.2. The van der Waals surface area contributed by atoms with Crippen molar-refractivity contribution in [3.63, 3.8) is 0 Å². The number of hydrogen-bond acceptors (Lipinski definition) is 3. The van der Waals surface area contributed by atoms with Gasteiger partial charge >= 0.3 is 11.9 Å². The molecule has 0 aromatic heterocycles. The molecule has 0 saturated heterocycles. The number of carbonyl (C=O) groups excluding carboxylic acids is 1. The van der Waals surface area contributed by atoms with Crippen LogP contribution in [-0.2, 0) is 14.3 Å². The molecule has 0 aliphatic heterocycles. The largest absolute Gasteiger partial charge is 0.481 e. The molecular weight excluding hydrogens is 412 g/mol. The zero-order chi connectivity index (χ0) is 24.5. The first-order chi connectivity index (χ1) is 15.8. The van der Waals surface area contributed by atoms with E-state index in [1.807, 2.05) is 0 Å². The molecule has 4 heteroatoms. The molecule has 0 spiro atoms. The molecule has 33 heavy (non-hydrogen) atoms. The predicted octanol–water partition coefficient (Wildman–Crippen LogP) is 8.56. The normalized spacial score (nSPS) is 19.7. The molecule has 0 bridgehead atoms. The van der Waals surface area contributed by atoms with Gasteiger partial charge in [-0.25, -0.2) is 0 Å². The van der Waals surface area contributed by atoms with Gasteiger partial charge in [0, 0.05) is 0 Å². The molecule has 4 nitrogen and oxygen atoms in total. The van der Waals surface area contributed by atoms with Crippen molar-refractivity contribution >= 4 is 11.9 Å². The van der Waals surface area contributed by atoms with Crippen molar-refractivity contribution in [2.75, 3.05) is 0 Å². The highest BCUT2D eigenvalue weighted by Gasteiger charge is 2.37. The topological polar surface area (TPSA) is 63.6 Å². The molecule has 0 aromatic rings. The van der Waals surface area contributed by atoms with Crippen LogP contribution in [0.3, 0.4) is 0 Å². The summed E-state index contributed by atoms with van der Waals surface area (Å²) in [4.78, 5) is 24.5. The monoisotopic (exact) mass is 466 g/mol. The molecule has 0 radical (unpaired) electrons. The maximum atomic E-state index is 12.9. The van der Waals surface area contributed by atoms with Crippen molar-refractivity contribution in [1.82, 2.24) is 0 Å².